The van der Waals surface area contributed by atoms with Gasteiger partial charge >= 0.3 is 0 Å². The Labute approximate surface area is 154 Å². The van der Waals surface area contributed by atoms with Crippen molar-refractivity contribution in [3.05, 3.63) is 66.9 Å². The molecule has 5 rings (SSSR count). The SMILES string of the molecule is CCc1ccn2ncnc(Nc3ccc4c(cnn4Cc4ncco4)c3)c12. The summed E-state index contributed by atoms with van der Waals surface area (Å²) in [4.78, 5) is 8.59. The van der Waals surface area contributed by atoms with E-state index in [1.54, 1.807) is 18.8 Å². The number of rotatable bonds is 5. The number of nitrogens with one attached hydrogen (secondary N) is 1. The monoisotopic (exact) mass is 359 g/mol. The molecule has 5 aromatic rings. The first-order chi connectivity index (χ1) is 13.3. The number of aryl methyl sites for hydroxylation is 1. The third-order valence-electron chi connectivity index (χ3n) is 4.59. The minimum atomic E-state index is 0.500. The molecule has 0 amide bonds. The van der Waals surface area contributed by atoms with E-state index in [0.717, 1.165) is 34.3 Å². The zero-order valence-electron chi connectivity index (χ0n) is 14.7. The molecule has 0 saturated carbocycles. The van der Waals surface area contributed by atoms with Crippen molar-refractivity contribution in [2.24, 2.45) is 0 Å². The van der Waals surface area contributed by atoms with Crippen LogP contribution in [0.5, 0.6) is 0 Å². The number of benzene rings is 1. The van der Waals surface area contributed by atoms with Crippen LogP contribution in [0.1, 0.15) is 18.4 Å². The van der Waals surface area contributed by atoms with Crippen molar-refractivity contribution in [1.29, 1.82) is 0 Å². The van der Waals surface area contributed by atoms with Crippen LogP contribution in [0, 0.1) is 0 Å². The van der Waals surface area contributed by atoms with Crippen molar-refractivity contribution in [3.8, 4) is 0 Å². The van der Waals surface area contributed by atoms with E-state index in [-0.39, 0.29) is 0 Å². The van der Waals surface area contributed by atoms with E-state index in [2.05, 4.69) is 44.5 Å². The number of hydrogen-bond donors (Lipinski definition) is 1. The Balaban J connectivity index is 1.49. The lowest BCUT2D eigenvalue weighted by molar-refractivity contribution is 0.469. The second kappa shape index (κ2) is 6.24. The van der Waals surface area contributed by atoms with Gasteiger partial charge in [0.1, 0.15) is 24.7 Å². The highest BCUT2D eigenvalue weighted by Gasteiger charge is 2.11. The van der Waals surface area contributed by atoms with E-state index in [9.17, 15) is 0 Å². The number of anilines is 2. The van der Waals surface area contributed by atoms with Crippen LogP contribution in [0.4, 0.5) is 11.5 Å². The Hall–Kier alpha value is -3.68. The Morgan fingerprint density at radius 3 is 2.96 bits per heavy atom. The molecule has 27 heavy (non-hydrogen) atoms. The number of fused-ring (bicyclic) bond motifs is 2. The van der Waals surface area contributed by atoms with Gasteiger partial charge in [-0.15, -0.1) is 0 Å². The molecule has 0 saturated heterocycles. The molecule has 0 fully saturated rings. The summed E-state index contributed by atoms with van der Waals surface area (Å²) in [6, 6.07) is 8.18. The number of oxazole rings is 1. The molecule has 0 spiro atoms. The molecule has 1 aromatic carbocycles. The predicted molar refractivity (Wildman–Crippen MR) is 101 cm³/mol. The fourth-order valence-electron chi connectivity index (χ4n) is 3.28. The van der Waals surface area contributed by atoms with E-state index in [1.165, 1.54) is 5.56 Å². The van der Waals surface area contributed by atoms with Crippen LogP contribution in [-0.2, 0) is 13.0 Å². The van der Waals surface area contributed by atoms with Gasteiger partial charge < -0.3 is 9.73 Å². The van der Waals surface area contributed by atoms with Gasteiger partial charge in [-0.05, 0) is 36.2 Å². The molecule has 8 nitrogen and oxygen atoms in total. The third-order valence-corrected chi connectivity index (χ3v) is 4.59. The molecular weight excluding hydrogens is 342 g/mol. The number of nitrogens with zero attached hydrogens (tertiary/aromatic N) is 6. The second-order valence-corrected chi connectivity index (χ2v) is 6.22. The summed E-state index contributed by atoms with van der Waals surface area (Å²) in [5.74, 6) is 1.42. The molecule has 0 aliphatic heterocycles. The first-order valence-electron chi connectivity index (χ1n) is 8.74. The summed E-state index contributed by atoms with van der Waals surface area (Å²) in [5, 5.41) is 13.2. The molecule has 0 atom stereocenters. The van der Waals surface area contributed by atoms with E-state index in [0.29, 0.717) is 12.4 Å². The summed E-state index contributed by atoms with van der Waals surface area (Å²) < 4.78 is 9.03. The maximum absolute atomic E-state index is 5.31. The van der Waals surface area contributed by atoms with Crippen LogP contribution in [0.15, 0.2) is 59.9 Å². The first kappa shape index (κ1) is 15.6. The number of aromatic nitrogens is 6. The van der Waals surface area contributed by atoms with E-state index in [4.69, 9.17) is 4.42 Å². The molecule has 4 aromatic heterocycles. The average molecular weight is 359 g/mol. The van der Waals surface area contributed by atoms with Crippen molar-refractivity contribution < 1.29 is 4.42 Å². The molecule has 0 radical (unpaired) electrons. The van der Waals surface area contributed by atoms with Gasteiger partial charge in [-0.25, -0.2) is 14.5 Å². The van der Waals surface area contributed by atoms with Crippen LogP contribution in [0.3, 0.4) is 0 Å². The normalized spacial score (nSPS) is 11.4. The van der Waals surface area contributed by atoms with Crippen LogP contribution in [0.2, 0.25) is 0 Å². The topological polar surface area (TPSA) is 86.1 Å². The van der Waals surface area contributed by atoms with Gasteiger partial charge in [0.05, 0.1) is 17.9 Å². The summed E-state index contributed by atoms with van der Waals surface area (Å²) in [6.07, 6.45) is 9.48. The van der Waals surface area contributed by atoms with Crippen molar-refractivity contribution >= 4 is 27.9 Å². The lowest BCUT2D eigenvalue weighted by atomic mass is 10.2. The van der Waals surface area contributed by atoms with Crippen molar-refractivity contribution in [2.45, 2.75) is 19.9 Å². The zero-order valence-corrected chi connectivity index (χ0v) is 14.7. The Bertz CT molecular complexity index is 1220. The van der Waals surface area contributed by atoms with E-state index < -0.39 is 0 Å². The average Bonchev–Trinajstić information content (AvgIpc) is 3.42. The highest BCUT2D eigenvalue weighted by atomic mass is 16.3. The molecule has 8 heteroatoms. The lowest BCUT2D eigenvalue weighted by Gasteiger charge is -2.09. The quantitative estimate of drug-likeness (QED) is 0.517. The first-order valence-corrected chi connectivity index (χ1v) is 8.74. The Morgan fingerprint density at radius 1 is 1.15 bits per heavy atom. The van der Waals surface area contributed by atoms with Gasteiger partial charge in [0.15, 0.2) is 5.82 Å². The van der Waals surface area contributed by atoms with Crippen LogP contribution in [0.25, 0.3) is 16.4 Å². The van der Waals surface area contributed by atoms with Gasteiger partial charge in [-0.1, -0.05) is 6.92 Å². The van der Waals surface area contributed by atoms with Gasteiger partial charge in [-0.2, -0.15) is 10.2 Å². The van der Waals surface area contributed by atoms with E-state index in [1.807, 2.05) is 33.7 Å². The maximum Gasteiger partial charge on any atom is 0.215 e. The summed E-state index contributed by atoms with van der Waals surface area (Å²) in [5.41, 5.74) is 4.17. The van der Waals surface area contributed by atoms with Gasteiger partial charge in [-0.3, -0.25) is 4.68 Å². The fraction of sp³-hybridized carbons (Fsp3) is 0.158. The van der Waals surface area contributed by atoms with E-state index >= 15 is 0 Å². The molecule has 1 N–H and O–H groups in total. The van der Waals surface area contributed by atoms with Crippen LogP contribution >= 0.6 is 0 Å². The van der Waals surface area contributed by atoms with Gasteiger partial charge in [0.25, 0.3) is 0 Å². The zero-order chi connectivity index (χ0) is 18.2. The van der Waals surface area contributed by atoms with Crippen molar-refractivity contribution in [2.75, 3.05) is 5.32 Å². The molecule has 0 aliphatic carbocycles. The molecular formula is C19H17N7O. The van der Waals surface area contributed by atoms with Gasteiger partial charge in [0, 0.05) is 17.3 Å². The minimum Gasteiger partial charge on any atom is -0.447 e. The van der Waals surface area contributed by atoms with Crippen molar-refractivity contribution in [3.63, 3.8) is 0 Å². The summed E-state index contributed by atoms with van der Waals surface area (Å²) in [7, 11) is 0. The number of hydrogen-bond acceptors (Lipinski definition) is 6. The second-order valence-electron chi connectivity index (χ2n) is 6.22. The predicted octanol–water partition coefficient (Wildman–Crippen LogP) is 3.42. The molecule has 134 valence electrons. The molecule has 0 unspecified atom stereocenters. The molecule has 4 heterocycles. The van der Waals surface area contributed by atoms with Crippen LogP contribution < -0.4 is 5.32 Å². The Kier molecular flexibility index (Phi) is 3.60. The van der Waals surface area contributed by atoms with Crippen LogP contribution in [-0.4, -0.2) is 29.4 Å². The fourth-order valence-corrected chi connectivity index (χ4v) is 3.28. The maximum atomic E-state index is 5.31. The lowest BCUT2D eigenvalue weighted by Crippen LogP contribution is -2.02. The minimum absolute atomic E-state index is 0.500. The molecule has 0 bridgehead atoms. The van der Waals surface area contributed by atoms with Gasteiger partial charge in [0.2, 0.25) is 5.89 Å². The molecule has 0 aliphatic rings. The third kappa shape index (κ3) is 2.71. The smallest absolute Gasteiger partial charge is 0.215 e. The summed E-state index contributed by atoms with van der Waals surface area (Å²) >= 11 is 0. The standard InChI is InChI=1S/C19H17N7O/c1-2-13-5-7-25-18(13)19(21-12-23-25)24-15-3-4-16-14(9-15)10-22-26(16)11-17-20-6-8-27-17/h3-10,12H,2,11H2,1H3,(H,21,23,24). The highest BCUT2D eigenvalue weighted by Crippen LogP contribution is 2.26. The largest absolute Gasteiger partial charge is 0.447 e. The summed E-state index contributed by atoms with van der Waals surface area (Å²) in [6.45, 7) is 2.63. The van der Waals surface area contributed by atoms with Crippen molar-refractivity contribution in [1.82, 2.24) is 29.4 Å². The highest BCUT2D eigenvalue weighted by molar-refractivity contribution is 5.85. The Morgan fingerprint density at radius 2 is 2.11 bits per heavy atom.